The molecule has 7 nitrogen and oxygen atoms in total. The fourth-order valence-corrected chi connectivity index (χ4v) is 5.62. The molecule has 30 heavy (non-hydrogen) atoms. The molecule has 2 rings (SSSR count). The van der Waals surface area contributed by atoms with Gasteiger partial charge in [0.15, 0.2) is 0 Å². The Bertz CT molecular complexity index is 1070. The van der Waals surface area contributed by atoms with Crippen LogP contribution in [-0.4, -0.2) is 47.2 Å². The number of hydrogen-bond acceptors (Lipinski definition) is 6. The number of nitrogens with zero attached hydrogens (tertiary/aromatic N) is 1. The highest BCUT2D eigenvalue weighted by molar-refractivity contribution is 7.89. The molecule has 0 radical (unpaired) electrons. The van der Waals surface area contributed by atoms with Crippen molar-refractivity contribution in [2.45, 2.75) is 39.1 Å². The molecule has 0 aliphatic heterocycles. The second-order valence-electron chi connectivity index (χ2n) is 7.14. The van der Waals surface area contributed by atoms with Crippen LogP contribution in [-0.2, 0) is 31.4 Å². The van der Waals surface area contributed by atoms with E-state index in [-0.39, 0.29) is 36.1 Å². The topological polar surface area (TPSA) is 90.0 Å². The van der Waals surface area contributed by atoms with Crippen molar-refractivity contribution < 1.29 is 25.8 Å². The standard InChI is InChI=1S/C21H29NO6S2/c1-6-29(23,24)28-20-9-7-8-19(14-20)15-22(10-11-27-5)30(25,26)21-17(3)12-16(2)13-18(21)4/h7-9,12-14H,6,10-11,15H2,1-5H3. The van der Waals surface area contributed by atoms with Gasteiger partial charge in [0.25, 0.3) is 0 Å². The van der Waals surface area contributed by atoms with E-state index in [2.05, 4.69) is 0 Å². The third-order valence-electron chi connectivity index (χ3n) is 4.58. The van der Waals surface area contributed by atoms with Crippen molar-refractivity contribution in [1.29, 1.82) is 0 Å². The smallest absolute Gasteiger partial charge is 0.308 e. The molecule has 0 saturated heterocycles. The molecular formula is C21H29NO6S2. The van der Waals surface area contributed by atoms with E-state index in [1.54, 1.807) is 26.0 Å². The predicted octanol–water partition coefficient (Wildman–Crippen LogP) is 3.18. The van der Waals surface area contributed by atoms with Crippen molar-refractivity contribution in [2.75, 3.05) is 26.0 Å². The molecule has 0 spiro atoms. The maximum Gasteiger partial charge on any atom is 0.308 e. The Morgan fingerprint density at radius 2 is 1.60 bits per heavy atom. The SMILES string of the molecule is CCS(=O)(=O)Oc1cccc(CN(CCOC)S(=O)(=O)c2c(C)cc(C)cc2C)c1. The molecule has 0 atom stereocenters. The summed E-state index contributed by atoms with van der Waals surface area (Å²) in [6.45, 7) is 7.42. The zero-order chi connectivity index (χ0) is 22.5. The van der Waals surface area contributed by atoms with Crippen molar-refractivity contribution in [3.8, 4) is 5.75 Å². The van der Waals surface area contributed by atoms with Gasteiger partial charge in [-0.15, -0.1) is 0 Å². The Kier molecular flexibility index (Phi) is 8.04. The van der Waals surface area contributed by atoms with Gasteiger partial charge in [-0.25, -0.2) is 8.42 Å². The summed E-state index contributed by atoms with van der Waals surface area (Å²) in [5.41, 5.74) is 2.97. The van der Waals surface area contributed by atoms with Gasteiger partial charge in [0, 0.05) is 20.2 Å². The van der Waals surface area contributed by atoms with Crippen molar-refractivity contribution in [3.63, 3.8) is 0 Å². The lowest BCUT2D eigenvalue weighted by molar-refractivity contribution is 0.177. The van der Waals surface area contributed by atoms with E-state index in [4.69, 9.17) is 8.92 Å². The van der Waals surface area contributed by atoms with Crippen LogP contribution in [0.2, 0.25) is 0 Å². The molecule has 0 aromatic heterocycles. The first kappa shape index (κ1) is 24.3. The third-order valence-corrected chi connectivity index (χ3v) is 7.89. The molecule has 0 unspecified atom stereocenters. The zero-order valence-corrected chi connectivity index (χ0v) is 19.6. The van der Waals surface area contributed by atoms with Gasteiger partial charge in [-0.3, -0.25) is 0 Å². The molecule has 0 amide bonds. The number of hydrogen-bond donors (Lipinski definition) is 0. The lowest BCUT2D eigenvalue weighted by Gasteiger charge is -2.24. The Balaban J connectivity index is 2.42. The van der Waals surface area contributed by atoms with Crippen LogP contribution in [0.4, 0.5) is 0 Å². The summed E-state index contributed by atoms with van der Waals surface area (Å²) in [5, 5.41) is 0. The fourth-order valence-electron chi connectivity index (χ4n) is 3.28. The van der Waals surface area contributed by atoms with E-state index in [9.17, 15) is 16.8 Å². The van der Waals surface area contributed by atoms with Crippen molar-refractivity contribution in [1.82, 2.24) is 4.31 Å². The minimum absolute atomic E-state index is 0.0574. The molecule has 166 valence electrons. The normalized spacial score (nSPS) is 12.3. The highest BCUT2D eigenvalue weighted by atomic mass is 32.2. The van der Waals surface area contributed by atoms with Crippen molar-refractivity contribution in [2.24, 2.45) is 0 Å². The molecule has 0 fully saturated rings. The van der Waals surface area contributed by atoms with Gasteiger partial charge in [0.1, 0.15) is 5.75 Å². The highest BCUT2D eigenvalue weighted by Crippen LogP contribution is 2.27. The first-order valence-electron chi connectivity index (χ1n) is 9.58. The summed E-state index contributed by atoms with van der Waals surface area (Å²) in [6.07, 6.45) is 0. The van der Waals surface area contributed by atoms with Gasteiger partial charge in [-0.05, 0) is 56.5 Å². The number of methoxy groups -OCH3 is 1. The summed E-state index contributed by atoms with van der Waals surface area (Å²) in [5.74, 6) is -0.00138. The first-order valence-corrected chi connectivity index (χ1v) is 12.6. The second kappa shape index (κ2) is 9.91. The largest absolute Gasteiger partial charge is 0.383 e. The average molecular weight is 456 g/mol. The molecule has 0 aliphatic rings. The van der Waals surface area contributed by atoms with Crippen molar-refractivity contribution in [3.05, 3.63) is 58.7 Å². The summed E-state index contributed by atoms with van der Waals surface area (Å²) in [4.78, 5) is 0.283. The van der Waals surface area contributed by atoms with Crippen LogP contribution in [0.5, 0.6) is 5.75 Å². The van der Waals surface area contributed by atoms with Gasteiger partial charge >= 0.3 is 10.1 Å². The molecule has 0 aliphatic carbocycles. The van der Waals surface area contributed by atoms with E-state index < -0.39 is 20.1 Å². The Morgan fingerprint density at radius 1 is 0.967 bits per heavy atom. The van der Waals surface area contributed by atoms with Crippen LogP contribution in [0.15, 0.2) is 41.3 Å². The van der Waals surface area contributed by atoms with Crippen LogP contribution in [0, 0.1) is 20.8 Å². The number of rotatable bonds is 10. The van der Waals surface area contributed by atoms with Crippen molar-refractivity contribution >= 4 is 20.1 Å². The van der Waals surface area contributed by atoms with E-state index in [1.807, 2.05) is 19.1 Å². The van der Waals surface area contributed by atoms with E-state index >= 15 is 0 Å². The van der Waals surface area contributed by atoms with Crippen LogP contribution >= 0.6 is 0 Å². The fraction of sp³-hybridized carbons (Fsp3) is 0.429. The summed E-state index contributed by atoms with van der Waals surface area (Å²) in [6, 6.07) is 10.1. The van der Waals surface area contributed by atoms with Crippen LogP contribution in [0.1, 0.15) is 29.2 Å². The minimum atomic E-state index is -3.81. The number of ether oxygens (including phenoxy) is 1. The zero-order valence-electron chi connectivity index (χ0n) is 18.0. The summed E-state index contributed by atoms with van der Waals surface area (Å²) >= 11 is 0. The molecule has 0 heterocycles. The van der Waals surface area contributed by atoms with Crippen LogP contribution < -0.4 is 4.18 Å². The summed E-state index contributed by atoms with van der Waals surface area (Å²) < 4.78 is 62.0. The first-order chi connectivity index (χ1) is 14.0. The highest BCUT2D eigenvalue weighted by Gasteiger charge is 2.28. The lowest BCUT2D eigenvalue weighted by atomic mass is 10.1. The molecule has 2 aromatic carbocycles. The Labute approximate surface area is 179 Å². The molecule has 2 aromatic rings. The Hall–Kier alpha value is -1.94. The number of aryl methyl sites for hydroxylation is 3. The van der Waals surface area contributed by atoms with E-state index in [1.165, 1.54) is 30.5 Å². The maximum absolute atomic E-state index is 13.5. The number of sulfonamides is 1. The van der Waals surface area contributed by atoms with Crippen LogP contribution in [0.25, 0.3) is 0 Å². The molecule has 0 saturated carbocycles. The van der Waals surface area contributed by atoms with Gasteiger partial charge in [-0.2, -0.15) is 12.7 Å². The van der Waals surface area contributed by atoms with Gasteiger partial charge in [0.2, 0.25) is 10.0 Å². The van der Waals surface area contributed by atoms with E-state index in [0.717, 1.165) is 5.56 Å². The third kappa shape index (κ3) is 6.04. The van der Waals surface area contributed by atoms with Crippen LogP contribution in [0.3, 0.4) is 0 Å². The monoisotopic (exact) mass is 455 g/mol. The maximum atomic E-state index is 13.5. The van der Waals surface area contributed by atoms with E-state index in [0.29, 0.717) is 16.7 Å². The van der Waals surface area contributed by atoms with Gasteiger partial charge in [-0.1, -0.05) is 29.8 Å². The van der Waals surface area contributed by atoms with Gasteiger partial charge in [0.05, 0.1) is 17.3 Å². The quantitative estimate of drug-likeness (QED) is 0.511. The lowest BCUT2D eigenvalue weighted by Crippen LogP contribution is -2.34. The Morgan fingerprint density at radius 3 is 2.17 bits per heavy atom. The molecule has 0 bridgehead atoms. The summed E-state index contributed by atoms with van der Waals surface area (Å²) in [7, 11) is -5.97. The van der Waals surface area contributed by atoms with Gasteiger partial charge < -0.3 is 8.92 Å². The average Bonchev–Trinajstić information content (AvgIpc) is 2.63. The molecule has 0 N–H and O–H groups in total. The predicted molar refractivity (Wildman–Crippen MR) is 117 cm³/mol. The minimum Gasteiger partial charge on any atom is -0.383 e. The molecule has 9 heteroatoms. The second-order valence-corrected chi connectivity index (χ2v) is 10.9. The number of benzene rings is 2. The molecular weight excluding hydrogens is 426 g/mol.